The first-order chi connectivity index (χ1) is 7.40. The molecule has 3 heteroatoms. The molecule has 1 heterocycles. The summed E-state index contributed by atoms with van der Waals surface area (Å²) in [5.41, 5.74) is 0.255. The Kier molecular flexibility index (Phi) is 4.78. The molecule has 0 radical (unpaired) electrons. The van der Waals surface area contributed by atoms with Gasteiger partial charge >= 0.3 is 0 Å². The highest BCUT2D eigenvalue weighted by Gasteiger charge is 2.22. The predicted octanol–water partition coefficient (Wildman–Crippen LogP) is 2.02. The minimum atomic E-state index is 0.255. The summed E-state index contributed by atoms with van der Waals surface area (Å²) in [5, 5.41) is 3.33. The van der Waals surface area contributed by atoms with Crippen LogP contribution in [0.5, 0.6) is 0 Å². The maximum atomic E-state index is 12.0. The van der Waals surface area contributed by atoms with Gasteiger partial charge in [-0.25, -0.2) is 0 Å². The van der Waals surface area contributed by atoms with Crippen LogP contribution in [0.3, 0.4) is 0 Å². The topological polar surface area (TPSA) is 32.3 Å². The van der Waals surface area contributed by atoms with Gasteiger partial charge < -0.3 is 10.2 Å². The quantitative estimate of drug-likeness (QED) is 0.798. The number of hydrogen-bond acceptors (Lipinski definition) is 2. The molecule has 0 aromatic heterocycles. The Morgan fingerprint density at radius 1 is 1.31 bits per heavy atom. The van der Waals surface area contributed by atoms with E-state index in [1.165, 1.54) is 0 Å². The first-order valence-corrected chi connectivity index (χ1v) is 6.36. The van der Waals surface area contributed by atoms with E-state index >= 15 is 0 Å². The van der Waals surface area contributed by atoms with E-state index in [-0.39, 0.29) is 5.41 Å². The third kappa shape index (κ3) is 4.52. The number of nitrogens with one attached hydrogen (secondary N) is 1. The molecule has 0 unspecified atom stereocenters. The van der Waals surface area contributed by atoms with Gasteiger partial charge in [-0.1, -0.05) is 20.8 Å². The van der Waals surface area contributed by atoms with Crippen molar-refractivity contribution in [3.05, 3.63) is 0 Å². The fourth-order valence-corrected chi connectivity index (χ4v) is 2.06. The van der Waals surface area contributed by atoms with Crippen molar-refractivity contribution in [3.8, 4) is 0 Å². The zero-order valence-corrected chi connectivity index (χ0v) is 11.2. The number of piperidine rings is 1. The molecule has 94 valence electrons. The Labute approximate surface area is 99.6 Å². The summed E-state index contributed by atoms with van der Waals surface area (Å²) in [7, 11) is 1.96. The Morgan fingerprint density at radius 2 is 1.88 bits per heavy atom. The molecule has 3 nitrogen and oxygen atoms in total. The van der Waals surface area contributed by atoms with Crippen molar-refractivity contribution in [2.45, 2.75) is 52.5 Å². The van der Waals surface area contributed by atoms with E-state index in [4.69, 9.17) is 0 Å². The largest absolute Gasteiger partial charge is 0.343 e. The molecule has 0 atom stereocenters. The average molecular weight is 226 g/mol. The van der Waals surface area contributed by atoms with Crippen molar-refractivity contribution in [2.75, 3.05) is 20.1 Å². The average Bonchev–Trinajstić information content (AvgIpc) is 2.25. The molecule has 0 spiro atoms. The van der Waals surface area contributed by atoms with Crippen molar-refractivity contribution in [1.82, 2.24) is 10.2 Å². The highest BCUT2D eigenvalue weighted by molar-refractivity contribution is 5.76. The Morgan fingerprint density at radius 3 is 2.38 bits per heavy atom. The molecule has 0 saturated carbocycles. The van der Waals surface area contributed by atoms with E-state index in [0.717, 1.165) is 32.4 Å². The Balaban J connectivity index is 2.34. The van der Waals surface area contributed by atoms with Crippen molar-refractivity contribution < 1.29 is 4.79 Å². The highest BCUT2D eigenvalue weighted by Crippen LogP contribution is 2.22. The fourth-order valence-electron chi connectivity index (χ4n) is 2.06. The predicted molar refractivity (Wildman–Crippen MR) is 67.4 cm³/mol. The van der Waals surface area contributed by atoms with Crippen LogP contribution >= 0.6 is 0 Å². The second-order valence-electron chi connectivity index (χ2n) is 6.05. The molecule has 0 bridgehead atoms. The lowest BCUT2D eigenvalue weighted by molar-refractivity contribution is -0.133. The minimum Gasteiger partial charge on any atom is -0.343 e. The summed E-state index contributed by atoms with van der Waals surface area (Å²) >= 11 is 0. The van der Waals surface area contributed by atoms with Crippen LogP contribution in [0.4, 0.5) is 0 Å². The lowest BCUT2D eigenvalue weighted by Crippen LogP contribution is -2.44. The SMILES string of the molecule is CN(C(=O)CCC(C)(C)C)C1CCNCC1. The van der Waals surface area contributed by atoms with Gasteiger partial charge in [0.25, 0.3) is 0 Å². The minimum absolute atomic E-state index is 0.255. The van der Waals surface area contributed by atoms with Gasteiger partial charge in [0.05, 0.1) is 0 Å². The number of carbonyl (C=O) groups is 1. The van der Waals surface area contributed by atoms with E-state index in [0.29, 0.717) is 18.4 Å². The third-order valence-electron chi connectivity index (χ3n) is 3.34. The van der Waals surface area contributed by atoms with Crippen molar-refractivity contribution >= 4 is 5.91 Å². The summed E-state index contributed by atoms with van der Waals surface area (Å²) in [6, 6.07) is 0.453. The molecule has 1 saturated heterocycles. The van der Waals surface area contributed by atoms with Crippen LogP contribution in [0.15, 0.2) is 0 Å². The molecule has 1 rings (SSSR count). The molecular weight excluding hydrogens is 200 g/mol. The highest BCUT2D eigenvalue weighted by atomic mass is 16.2. The first kappa shape index (κ1) is 13.5. The summed E-state index contributed by atoms with van der Waals surface area (Å²) in [6.07, 6.45) is 3.85. The number of amides is 1. The van der Waals surface area contributed by atoms with Gasteiger partial charge in [-0.15, -0.1) is 0 Å². The monoisotopic (exact) mass is 226 g/mol. The molecule has 16 heavy (non-hydrogen) atoms. The number of hydrogen-bond donors (Lipinski definition) is 1. The summed E-state index contributed by atoms with van der Waals surface area (Å²) in [6.45, 7) is 8.64. The smallest absolute Gasteiger partial charge is 0.222 e. The van der Waals surface area contributed by atoms with Crippen molar-refractivity contribution in [3.63, 3.8) is 0 Å². The number of carbonyl (C=O) groups excluding carboxylic acids is 1. The molecular formula is C13H26N2O. The molecule has 1 aliphatic rings. The third-order valence-corrected chi connectivity index (χ3v) is 3.34. The van der Waals surface area contributed by atoms with Gasteiger partial charge in [-0.3, -0.25) is 4.79 Å². The van der Waals surface area contributed by atoms with Crippen LogP contribution < -0.4 is 5.32 Å². The van der Waals surface area contributed by atoms with Crippen LogP contribution in [0.2, 0.25) is 0 Å². The second-order valence-corrected chi connectivity index (χ2v) is 6.05. The summed E-state index contributed by atoms with van der Waals surface area (Å²) in [5.74, 6) is 0.307. The lowest BCUT2D eigenvalue weighted by atomic mass is 9.90. The fraction of sp³-hybridized carbons (Fsp3) is 0.923. The van der Waals surface area contributed by atoms with Crippen LogP contribution in [0.25, 0.3) is 0 Å². The van der Waals surface area contributed by atoms with Crippen LogP contribution in [-0.2, 0) is 4.79 Å². The van der Waals surface area contributed by atoms with Gasteiger partial charge in [0.15, 0.2) is 0 Å². The second kappa shape index (κ2) is 5.67. The number of rotatable bonds is 3. The van der Waals surface area contributed by atoms with E-state index in [1.54, 1.807) is 0 Å². The molecule has 0 aromatic carbocycles. The molecule has 0 aliphatic carbocycles. The van der Waals surface area contributed by atoms with E-state index in [2.05, 4.69) is 26.1 Å². The number of nitrogens with zero attached hydrogens (tertiary/aromatic N) is 1. The van der Waals surface area contributed by atoms with Crippen molar-refractivity contribution in [1.29, 1.82) is 0 Å². The normalized spacial score (nSPS) is 18.5. The summed E-state index contributed by atoms with van der Waals surface area (Å²) < 4.78 is 0. The van der Waals surface area contributed by atoms with Gasteiger partial charge in [-0.2, -0.15) is 0 Å². The molecule has 1 amide bonds. The van der Waals surface area contributed by atoms with Crippen molar-refractivity contribution in [2.24, 2.45) is 5.41 Å². The first-order valence-electron chi connectivity index (χ1n) is 6.36. The Hall–Kier alpha value is -0.570. The van der Waals surface area contributed by atoms with Gasteiger partial charge in [0, 0.05) is 19.5 Å². The maximum absolute atomic E-state index is 12.0. The zero-order chi connectivity index (χ0) is 12.2. The maximum Gasteiger partial charge on any atom is 0.222 e. The standard InChI is InChI=1S/C13H26N2O/c1-13(2,3)8-5-12(16)15(4)11-6-9-14-10-7-11/h11,14H,5-10H2,1-4H3. The van der Waals surface area contributed by atoms with E-state index in [1.807, 2.05) is 11.9 Å². The van der Waals surface area contributed by atoms with Gasteiger partial charge in [-0.05, 0) is 37.8 Å². The van der Waals surface area contributed by atoms with Crippen LogP contribution in [0, 0.1) is 5.41 Å². The summed E-state index contributed by atoms with van der Waals surface area (Å²) in [4.78, 5) is 14.0. The molecule has 0 aromatic rings. The van der Waals surface area contributed by atoms with E-state index < -0.39 is 0 Å². The van der Waals surface area contributed by atoms with Gasteiger partial charge in [0.2, 0.25) is 5.91 Å². The van der Waals surface area contributed by atoms with E-state index in [9.17, 15) is 4.79 Å². The zero-order valence-electron chi connectivity index (χ0n) is 11.2. The molecule has 1 fully saturated rings. The lowest BCUT2D eigenvalue weighted by Gasteiger charge is -2.32. The van der Waals surface area contributed by atoms with Gasteiger partial charge in [0.1, 0.15) is 0 Å². The Bertz CT molecular complexity index is 227. The molecule has 1 aliphatic heterocycles. The molecule has 1 N–H and O–H groups in total. The van der Waals surface area contributed by atoms with Crippen LogP contribution in [0.1, 0.15) is 46.5 Å². The van der Waals surface area contributed by atoms with Crippen LogP contribution in [-0.4, -0.2) is 37.0 Å².